The smallest absolute Gasteiger partial charge is 0.326 e. The van der Waals surface area contributed by atoms with E-state index in [0.717, 1.165) is 0 Å². The van der Waals surface area contributed by atoms with Crippen LogP contribution in [0.4, 0.5) is 0 Å². The van der Waals surface area contributed by atoms with Gasteiger partial charge in [0.1, 0.15) is 0 Å². The summed E-state index contributed by atoms with van der Waals surface area (Å²) < 4.78 is 15.7. The standard InChI is InChI=1S/C5H12NO3P/c1-4-2-5(6)3-9-10(4,7)8/h4-5H,2-3,6H2,1H3,(H,7,8)/t4-,5-/m0/s1. The predicted octanol–water partition coefficient (Wildman–Crippen LogP) is 0.308. The molecule has 0 aliphatic carbocycles. The molecular weight excluding hydrogens is 153 g/mol. The van der Waals surface area contributed by atoms with Gasteiger partial charge in [0.15, 0.2) is 0 Å². The summed E-state index contributed by atoms with van der Waals surface area (Å²) in [5.41, 5.74) is 5.18. The van der Waals surface area contributed by atoms with Crippen molar-refractivity contribution in [3.8, 4) is 0 Å². The Morgan fingerprint density at radius 3 is 2.80 bits per heavy atom. The minimum atomic E-state index is -3.30. The zero-order chi connectivity index (χ0) is 7.78. The van der Waals surface area contributed by atoms with Gasteiger partial charge in [-0.3, -0.25) is 4.57 Å². The molecule has 4 nitrogen and oxygen atoms in total. The first-order valence-corrected chi connectivity index (χ1v) is 4.89. The molecule has 0 amide bonds. The summed E-state index contributed by atoms with van der Waals surface area (Å²) in [6, 6.07) is -0.0794. The van der Waals surface area contributed by atoms with Gasteiger partial charge in [-0.15, -0.1) is 0 Å². The minimum absolute atomic E-state index is 0.0794. The second-order valence-corrected chi connectivity index (χ2v) is 4.97. The van der Waals surface area contributed by atoms with Crippen molar-refractivity contribution in [2.75, 3.05) is 6.61 Å². The molecule has 0 spiro atoms. The maximum Gasteiger partial charge on any atom is 0.330 e. The third kappa shape index (κ3) is 1.58. The normalized spacial score (nSPS) is 49.1. The molecule has 1 saturated heterocycles. The Balaban J connectivity index is 2.61. The van der Waals surface area contributed by atoms with Gasteiger partial charge in [-0.2, -0.15) is 0 Å². The third-order valence-corrected chi connectivity index (χ3v) is 3.52. The fraction of sp³-hybridized carbons (Fsp3) is 1.00. The molecule has 1 aliphatic heterocycles. The van der Waals surface area contributed by atoms with E-state index in [0.29, 0.717) is 6.42 Å². The second-order valence-electron chi connectivity index (χ2n) is 2.70. The lowest BCUT2D eigenvalue weighted by Gasteiger charge is -2.28. The van der Waals surface area contributed by atoms with E-state index in [1.807, 2.05) is 0 Å². The summed E-state index contributed by atoms with van der Waals surface area (Å²) in [5.74, 6) is 0. The maximum atomic E-state index is 11.0. The Morgan fingerprint density at radius 2 is 2.40 bits per heavy atom. The molecule has 1 fully saturated rings. The molecule has 60 valence electrons. The number of hydrogen-bond donors (Lipinski definition) is 2. The van der Waals surface area contributed by atoms with Gasteiger partial charge in [0.05, 0.1) is 12.3 Å². The molecule has 1 aliphatic rings. The van der Waals surface area contributed by atoms with Crippen molar-refractivity contribution in [2.45, 2.75) is 25.0 Å². The maximum absolute atomic E-state index is 11.0. The van der Waals surface area contributed by atoms with Gasteiger partial charge in [-0.05, 0) is 6.42 Å². The highest BCUT2D eigenvalue weighted by molar-refractivity contribution is 7.53. The van der Waals surface area contributed by atoms with E-state index < -0.39 is 7.60 Å². The van der Waals surface area contributed by atoms with Crippen LogP contribution in [0.15, 0.2) is 0 Å². The molecule has 3 atom stereocenters. The summed E-state index contributed by atoms with van der Waals surface area (Å²) in [4.78, 5) is 9.04. The third-order valence-electron chi connectivity index (χ3n) is 1.67. The molecule has 0 radical (unpaired) electrons. The van der Waals surface area contributed by atoms with Crippen molar-refractivity contribution in [3.05, 3.63) is 0 Å². The molecule has 5 heteroatoms. The molecule has 0 aromatic heterocycles. The van der Waals surface area contributed by atoms with Crippen LogP contribution < -0.4 is 5.73 Å². The minimum Gasteiger partial charge on any atom is -0.326 e. The summed E-state index contributed by atoms with van der Waals surface area (Å²) in [6.45, 7) is 1.89. The SMILES string of the molecule is C[C@H]1C[C@H](N)COP1(=O)O. The lowest BCUT2D eigenvalue weighted by Crippen LogP contribution is -2.34. The highest BCUT2D eigenvalue weighted by Gasteiger charge is 2.34. The Morgan fingerprint density at radius 1 is 1.80 bits per heavy atom. The molecule has 1 unspecified atom stereocenters. The average molecular weight is 165 g/mol. The van der Waals surface area contributed by atoms with Crippen LogP contribution in [0.3, 0.4) is 0 Å². The van der Waals surface area contributed by atoms with Crippen molar-refractivity contribution in [1.29, 1.82) is 0 Å². The lowest BCUT2D eigenvalue weighted by atomic mass is 10.2. The van der Waals surface area contributed by atoms with E-state index in [1.165, 1.54) is 0 Å². The van der Waals surface area contributed by atoms with Crippen LogP contribution >= 0.6 is 7.60 Å². The molecule has 0 bridgehead atoms. The summed E-state index contributed by atoms with van der Waals surface area (Å²) in [7, 11) is -3.30. The van der Waals surface area contributed by atoms with Crippen LogP contribution in [0.2, 0.25) is 0 Å². The largest absolute Gasteiger partial charge is 0.330 e. The van der Waals surface area contributed by atoms with E-state index >= 15 is 0 Å². The second kappa shape index (κ2) is 2.62. The van der Waals surface area contributed by atoms with Crippen LogP contribution in [0, 0.1) is 0 Å². The van der Waals surface area contributed by atoms with Gasteiger partial charge in [-0.1, -0.05) is 6.92 Å². The monoisotopic (exact) mass is 165 g/mol. The molecule has 0 saturated carbocycles. The quantitative estimate of drug-likeness (QED) is 0.506. The average Bonchev–Trinajstić information content (AvgIpc) is 1.81. The highest BCUT2D eigenvalue weighted by atomic mass is 31.2. The Labute approximate surface area is 59.9 Å². The van der Waals surface area contributed by atoms with Gasteiger partial charge in [-0.25, -0.2) is 0 Å². The first-order chi connectivity index (χ1) is 4.52. The fourth-order valence-electron chi connectivity index (χ4n) is 0.969. The first kappa shape index (κ1) is 8.21. The zero-order valence-electron chi connectivity index (χ0n) is 5.86. The lowest BCUT2D eigenvalue weighted by molar-refractivity contribution is 0.204. The Hall–Kier alpha value is 0.110. The highest BCUT2D eigenvalue weighted by Crippen LogP contribution is 2.51. The van der Waals surface area contributed by atoms with E-state index in [9.17, 15) is 4.57 Å². The molecule has 3 N–H and O–H groups in total. The van der Waals surface area contributed by atoms with Gasteiger partial charge < -0.3 is 15.2 Å². The molecule has 0 aromatic rings. The molecule has 1 rings (SSSR count). The summed E-state index contributed by atoms with van der Waals surface area (Å²) >= 11 is 0. The number of nitrogens with two attached hydrogens (primary N) is 1. The van der Waals surface area contributed by atoms with Gasteiger partial charge >= 0.3 is 7.60 Å². The van der Waals surface area contributed by atoms with Crippen LogP contribution in [0.25, 0.3) is 0 Å². The fourth-order valence-corrected chi connectivity index (χ4v) is 2.17. The Kier molecular flexibility index (Phi) is 2.15. The summed E-state index contributed by atoms with van der Waals surface area (Å²) in [5, 5.41) is 0. The van der Waals surface area contributed by atoms with Gasteiger partial charge in [0.2, 0.25) is 0 Å². The Bertz CT molecular complexity index is 172. The van der Waals surface area contributed by atoms with Crippen molar-refractivity contribution in [1.82, 2.24) is 0 Å². The topological polar surface area (TPSA) is 72.5 Å². The number of hydrogen-bond acceptors (Lipinski definition) is 3. The molecular formula is C5H12NO3P. The zero-order valence-corrected chi connectivity index (χ0v) is 6.75. The molecule has 1 heterocycles. The summed E-state index contributed by atoms with van der Waals surface area (Å²) in [6.07, 6.45) is 0.577. The van der Waals surface area contributed by atoms with Crippen molar-refractivity contribution in [3.63, 3.8) is 0 Å². The van der Waals surface area contributed by atoms with Crippen molar-refractivity contribution < 1.29 is 14.0 Å². The van der Waals surface area contributed by atoms with E-state index in [2.05, 4.69) is 4.52 Å². The van der Waals surface area contributed by atoms with Crippen molar-refractivity contribution in [2.24, 2.45) is 5.73 Å². The van der Waals surface area contributed by atoms with E-state index in [1.54, 1.807) is 6.92 Å². The van der Waals surface area contributed by atoms with E-state index in [4.69, 9.17) is 10.6 Å². The van der Waals surface area contributed by atoms with Crippen LogP contribution in [0.5, 0.6) is 0 Å². The van der Waals surface area contributed by atoms with Crippen LogP contribution in [-0.4, -0.2) is 23.2 Å². The molecule has 10 heavy (non-hydrogen) atoms. The van der Waals surface area contributed by atoms with Crippen LogP contribution in [0.1, 0.15) is 13.3 Å². The van der Waals surface area contributed by atoms with Gasteiger partial charge in [0, 0.05) is 6.04 Å². The number of rotatable bonds is 0. The molecule has 0 aromatic carbocycles. The predicted molar refractivity (Wildman–Crippen MR) is 37.8 cm³/mol. The van der Waals surface area contributed by atoms with Crippen LogP contribution in [-0.2, 0) is 9.09 Å². The van der Waals surface area contributed by atoms with Gasteiger partial charge in [0.25, 0.3) is 0 Å². The van der Waals surface area contributed by atoms with E-state index in [-0.39, 0.29) is 18.3 Å². The van der Waals surface area contributed by atoms with Crippen molar-refractivity contribution >= 4 is 7.60 Å². The first-order valence-electron chi connectivity index (χ1n) is 3.25.